The lowest BCUT2D eigenvalue weighted by Crippen LogP contribution is -2.37. The second-order valence-electron chi connectivity index (χ2n) is 6.42. The molecule has 138 valence electrons. The predicted molar refractivity (Wildman–Crippen MR) is 100 cm³/mol. The molecule has 0 aliphatic rings. The van der Waals surface area contributed by atoms with E-state index in [1.54, 1.807) is 7.11 Å². The molecule has 5 nitrogen and oxygen atoms in total. The van der Waals surface area contributed by atoms with Gasteiger partial charge < -0.3 is 15.2 Å². The summed E-state index contributed by atoms with van der Waals surface area (Å²) in [6.07, 6.45) is 0.982. The summed E-state index contributed by atoms with van der Waals surface area (Å²) in [5.41, 5.74) is 1.98. The Labute approximate surface area is 154 Å². The van der Waals surface area contributed by atoms with Crippen LogP contribution in [0.1, 0.15) is 18.1 Å². The number of ether oxygens (including phenoxy) is 1. The molecule has 2 atom stereocenters. The van der Waals surface area contributed by atoms with Crippen LogP contribution in [0.3, 0.4) is 0 Å². The van der Waals surface area contributed by atoms with E-state index < -0.39 is 11.9 Å². The number of hydrogen-bond acceptors (Lipinski definition) is 3. The fourth-order valence-electron chi connectivity index (χ4n) is 2.75. The molecule has 26 heavy (non-hydrogen) atoms. The van der Waals surface area contributed by atoms with Gasteiger partial charge in [0.15, 0.2) is 0 Å². The van der Waals surface area contributed by atoms with Crippen molar-refractivity contribution < 1.29 is 19.4 Å². The Morgan fingerprint density at radius 3 is 2.19 bits per heavy atom. The molecule has 0 aliphatic carbocycles. The van der Waals surface area contributed by atoms with Gasteiger partial charge in [0.05, 0.1) is 13.0 Å². The number of hydrogen-bond donors (Lipinski definition) is 2. The van der Waals surface area contributed by atoms with Crippen molar-refractivity contribution in [2.45, 2.75) is 19.8 Å². The van der Waals surface area contributed by atoms with E-state index in [-0.39, 0.29) is 18.4 Å². The molecule has 2 N–H and O–H groups in total. The SMILES string of the molecule is COc1ccc(CC(C)C(=O)NCC(Cc2ccccc2)C(=O)O)cc1. The van der Waals surface area contributed by atoms with Gasteiger partial charge in [-0.2, -0.15) is 0 Å². The first-order chi connectivity index (χ1) is 12.5. The zero-order chi connectivity index (χ0) is 18.9. The molecule has 2 aromatic rings. The maximum absolute atomic E-state index is 12.3. The van der Waals surface area contributed by atoms with Crippen LogP contribution in [0.5, 0.6) is 5.75 Å². The number of nitrogens with one attached hydrogen (secondary N) is 1. The molecule has 0 spiro atoms. The van der Waals surface area contributed by atoms with E-state index in [0.717, 1.165) is 16.9 Å². The minimum absolute atomic E-state index is 0.121. The molecule has 0 bridgehead atoms. The number of carbonyl (C=O) groups excluding carboxylic acids is 1. The van der Waals surface area contributed by atoms with Crippen LogP contribution < -0.4 is 10.1 Å². The first kappa shape index (κ1) is 19.5. The lowest BCUT2D eigenvalue weighted by Gasteiger charge is -2.16. The summed E-state index contributed by atoms with van der Waals surface area (Å²) < 4.78 is 5.12. The van der Waals surface area contributed by atoms with E-state index >= 15 is 0 Å². The number of carboxylic acids is 1. The predicted octanol–water partition coefficient (Wildman–Crippen LogP) is 2.93. The third kappa shape index (κ3) is 5.92. The molecule has 2 unspecified atom stereocenters. The normalized spacial score (nSPS) is 12.8. The summed E-state index contributed by atoms with van der Waals surface area (Å²) in [4.78, 5) is 23.8. The molecular weight excluding hydrogens is 330 g/mol. The number of benzene rings is 2. The third-order valence-corrected chi connectivity index (χ3v) is 4.35. The van der Waals surface area contributed by atoms with Crippen molar-refractivity contribution in [2.75, 3.05) is 13.7 Å². The van der Waals surface area contributed by atoms with Crippen LogP contribution in [0.2, 0.25) is 0 Å². The lowest BCUT2D eigenvalue weighted by atomic mass is 9.97. The molecule has 2 rings (SSSR count). The Hall–Kier alpha value is -2.82. The largest absolute Gasteiger partial charge is 0.497 e. The highest BCUT2D eigenvalue weighted by atomic mass is 16.5. The van der Waals surface area contributed by atoms with Gasteiger partial charge in [0, 0.05) is 12.5 Å². The smallest absolute Gasteiger partial charge is 0.308 e. The zero-order valence-corrected chi connectivity index (χ0v) is 15.1. The van der Waals surface area contributed by atoms with Crippen molar-refractivity contribution in [3.8, 4) is 5.75 Å². The van der Waals surface area contributed by atoms with Crippen LogP contribution in [-0.2, 0) is 22.4 Å². The van der Waals surface area contributed by atoms with E-state index in [1.807, 2.05) is 61.5 Å². The van der Waals surface area contributed by atoms with E-state index in [1.165, 1.54) is 0 Å². The van der Waals surface area contributed by atoms with Crippen LogP contribution in [0.25, 0.3) is 0 Å². The van der Waals surface area contributed by atoms with Gasteiger partial charge in [-0.25, -0.2) is 0 Å². The molecule has 5 heteroatoms. The second-order valence-corrected chi connectivity index (χ2v) is 6.42. The minimum atomic E-state index is -0.906. The van der Waals surface area contributed by atoms with Crippen molar-refractivity contribution in [2.24, 2.45) is 11.8 Å². The molecule has 0 aliphatic heterocycles. The van der Waals surface area contributed by atoms with Crippen LogP contribution in [0.4, 0.5) is 0 Å². The molecule has 2 aromatic carbocycles. The number of carbonyl (C=O) groups is 2. The Bertz CT molecular complexity index is 713. The van der Waals surface area contributed by atoms with E-state index in [0.29, 0.717) is 12.8 Å². The van der Waals surface area contributed by atoms with Gasteiger partial charge in [0.25, 0.3) is 0 Å². The summed E-state index contributed by atoms with van der Waals surface area (Å²) in [5.74, 6) is -1.16. The van der Waals surface area contributed by atoms with Crippen molar-refractivity contribution in [1.82, 2.24) is 5.32 Å². The summed E-state index contributed by atoms with van der Waals surface area (Å²) >= 11 is 0. The molecular formula is C21H25NO4. The number of amides is 1. The van der Waals surface area contributed by atoms with Gasteiger partial charge >= 0.3 is 5.97 Å². The standard InChI is InChI=1S/C21H25NO4/c1-15(12-17-8-10-19(26-2)11-9-17)20(23)22-14-18(21(24)25)13-16-6-4-3-5-7-16/h3-11,15,18H,12-14H2,1-2H3,(H,22,23)(H,24,25). The second kappa shape index (κ2) is 9.61. The van der Waals surface area contributed by atoms with Crippen molar-refractivity contribution in [3.05, 3.63) is 65.7 Å². The highest BCUT2D eigenvalue weighted by molar-refractivity contribution is 5.79. The average Bonchev–Trinajstić information content (AvgIpc) is 2.66. The van der Waals surface area contributed by atoms with Gasteiger partial charge in [-0.15, -0.1) is 0 Å². The molecule has 1 amide bonds. The van der Waals surface area contributed by atoms with Crippen LogP contribution in [0, 0.1) is 11.8 Å². The fourth-order valence-corrected chi connectivity index (χ4v) is 2.75. The number of carboxylic acid groups (broad SMARTS) is 1. The summed E-state index contributed by atoms with van der Waals surface area (Å²) in [5, 5.41) is 12.2. The first-order valence-electron chi connectivity index (χ1n) is 8.67. The molecule has 0 saturated carbocycles. The maximum atomic E-state index is 12.3. The van der Waals surface area contributed by atoms with Gasteiger partial charge in [-0.05, 0) is 36.1 Å². The van der Waals surface area contributed by atoms with Crippen molar-refractivity contribution >= 4 is 11.9 Å². The zero-order valence-electron chi connectivity index (χ0n) is 15.1. The summed E-state index contributed by atoms with van der Waals surface area (Å²) in [6.45, 7) is 1.96. The van der Waals surface area contributed by atoms with Gasteiger partial charge in [0.1, 0.15) is 5.75 Å². The minimum Gasteiger partial charge on any atom is -0.497 e. The Balaban J connectivity index is 1.86. The first-order valence-corrected chi connectivity index (χ1v) is 8.67. The molecule has 0 heterocycles. The maximum Gasteiger partial charge on any atom is 0.308 e. The quantitative estimate of drug-likeness (QED) is 0.725. The monoisotopic (exact) mass is 355 g/mol. The van der Waals surface area contributed by atoms with Crippen molar-refractivity contribution in [1.29, 1.82) is 0 Å². The fraction of sp³-hybridized carbons (Fsp3) is 0.333. The summed E-state index contributed by atoms with van der Waals surface area (Å²) in [7, 11) is 1.61. The van der Waals surface area contributed by atoms with E-state index in [9.17, 15) is 14.7 Å². The van der Waals surface area contributed by atoms with Gasteiger partial charge in [-0.1, -0.05) is 49.4 Å². The highest BCUT2D eigenvalue weighted by Gasteiger charge is 2.21. The van der Waals surface area contributed by atoms with Gasteiger partial charge in [0.2, 0.25) is 5.91 Å². The highest BCUT2D eigenvalue weighted by Crippen LogP contribution is 2.15. The topological polar surface area (TPSA) is 75.6 Å². The molecule has 0 fully saturated rings. The number of aliphatic carboxylic acids is 1. The Morgan fingerprint density at radius 2 is 1.62 bits per heavy atom. The number of methoxy groups -OCH3 is 1. The summed E-state index contributed by atoms with van der Waals surface area (Å²) in [6, 6.07) is 17.0. The van der Waals surface area contributed by atoms with Crippen LogP contribution >= 0.6 is 0 Å². The number of rotatable bonds is 9. The van der Waals surface area contributed by atoms with E-state index in [2.05, 4.69) is 5.32 Å². The van der Waals surface area contributed by atoms with Crippen LogP contribution in [0.15, 0.2) is 54.6 Å². The lowest BCUT2D eigenvalue weighted by molar-refractivity contribution is -0.141. The molecule has 0 aromatic heterocycles. The van der Waals surface area contributed by atoms with Crippen LogP contribution in [-0.4, -0.2) is 30.6 Å². The van der Waals surface area contributed by atoms with Gasteiger partial charge in [-0.3, -0.25) is 9.59 Å². The average molecular weight is 355 g/mol. The molecule has 0 radical (unpaired) electrons. The third-order valence-electron chi connectivity index (χ3n) is 4.35. The Morgan fingerprint density at radius 1 is 1.00 bits per heavy atom. The Kier molecular flexibility index (Phi) is 7.21. The molecule has 0 saturated heterocycles. The van der Waals surface area contributed by atoms with E-state index in [4.69, 9.17) is 4.74 Å². The van der Waals surface area contributed by atoms with Crippen molar-refractivity contribution in [3.63, 3.8) is 0 Å².